The number of aromatic nitrogens is 3. The number of aromatic amines is 1. The van der Waals surface area contributed by atoms with E-state index in [9.17, 15) is 4.79 Å². The van der Waals surface area contributed by atoms with Crippen molar-refractivity contribution in [2.45, 2.75) is 33.1 Å². The first-order chi connectivity index (χ1) is 10.7. The van der Waals surface area contributed by atoms with Crippen molar-refractivity contribution in [2.24, 2.45) is 5.92 Å². The van der Waals surface area contributed by atoms with Gasteiger partial charge in [0.25, 0.3) is 0 Å². The third-order valence-electron chi connectivity index (χ3n) is 4.94. The summed E-state index contributed by atoms with van der Waals surface area (Å²) < 4.78 is 2.07. The number of nitrogens with zero attached hydrogens (tertiary/aromatic N) is 2. The minimum absolute atomic E-state index is 0.0345. The monoisotopic (exact) mass is 293 g/mol. The number of imidazole rings is 1. The van der Waals surface area contributed by atoms with E-state index in [0.29, 0.717) is 0 Å². The minimum Gasteiger partial charge on any atom is -0.348 e. The normalized spacial score (nSPS) is 17.9. The number of carbonyl (C=O) groups is 1. The Kier molecular flexibility index (Phi) is 2.93. The number of fused-ring (bicyclic) bond motifs is 3. The molecule has 3 aromatic rings. The highest BCUT2D eigenvalue weighted by Crippen LogP contribution is 2.33. The van der Waals surface area contributed by atoms with Crippen LogP contribution >= 0.6 is 0 Å². The summed E-state index contributed by atoms with van der Waals surface area (Å²) in [4.78, 5) is 20.5. The summed E-state index contributed by atoms with van der Waals surface area (Å²) in [5, 5.41) is 0. The lowest BCUT2D eigenvalue weighted by Gasteiger charge is -2.21. The van der Waals surface area contributed by atoms with Crippen LogP contribution in [0.5, 0.6) is 0 Å². The van der Waals surface area contributed by atoms with Crippen LogP contribution in [0.4, 0.5) is 0 Å². The number of rotatable bonds is 2. The van der Waals surface area contributed by atoms with E-state index in [1.165, 1.54) is 11.1 Å². The van der Waals surface area contributed by atoms with Crippen molar-refractivity contribution in [3.8, 4) is 0 Å². The van der Waals surface area contributed by atoms with E-state index in [4.69, 9.17) is 0 Å². The van der Waals surface area contributed by atoms with Crippen LogP contribution in [-0.4, -0.2) is 20.2 Å². The van der Waals surface area contributed by atoms with E-state index in [1.807, 2.05) is 25.3 Å². The molecular weight excluding hydrogens is 274 g/mol. The number of Topliss-reactive ketones (excluding diaryl/α,β-unsaturated/α-hetero) is 1. The van der Waals surface area contributed by atoms with Crippen LogP contribution < -0.4 is 0 Å². The highest BCUT2D eigenvalue weighted by Gasteiger charge is 2.32. The van der Waals surface area contributed by atoms with E-state index in [-0.39, 0.29) is 11.7 Å². The van der Waals surface area contributed by atoms with Crippen molar-refractivity contribution >= 4 is 11.3 Å². The molecule has 112 valence electrons. The molecular formula is C18H19N3O. The Balaban J connectivity index is 1.77. The Morgan fingerprint density at radius 3 is 3.00 bits per heavy atom. The maximum atomic E-state index is 13.0. The third-order valence-corrected chi connectivity index (χ3v) is 4.94. The van der Waals surface area contributed by atoms with Gasteiger partial charge in [-0.25, -0.2) is 4.98 Å². The topological polar surface area (TPSA) is 50.2 Å². The summed E-state index contributed by atoms with van der Waals surface area (Å²) in [5.41, 5.74) is 6.59. The number of aryl methyl sites for hydroxylation is 2. The van der Waals surface area contributed by atoms with E-state index < -0.39 is 0 Å². The van der Waals surface area contributed by atoms with Crippen molar-refractivity contribution < 1.29 is 4.79 Å². The Morgan fingerprint density at radius 2 is 2.23 bits per heavy atom. The highest BCUT2D eigenvalue weighted by atomic mass is 16.1. The van der Waals surface area contributed by atoms with E-state index in [0.717, 1.165) is 41.9 Å². The molecule has 3 heterocycles. The lowest BCUT2D eigenvalue weighted by molar-refractivity contribution is 0.0894. The van der Waals surface area contributed by atoms with Gasteiger partial charge in [0.1, 0.15) is 0 Å². The van der Waals surface area contributed by atoms with Crippen LogP contribution in [-0.2, 0) is 12.8 Å². The fraction of sp³-hybridized carbons (Fsp3) is 0.333. The standard InChI is InChI=1S/C18H19N3O/c1-11-14-7-6-13(9-15-12(2)19-10-20-15)18(22)17(14)21-8-4-3-5-16(11)21/h3-5,8,10,13H,6-7,9H2,1-2H3,(H,19,20). The molecule has 0 aromatic carbocycles. The summed E-state index contributed by atoms with van der Waals surface area (Å²) >= 11 is 0. The molecule has 1 aliphatic rings. The van der Waals surface area contributed by atoms with Gasteiger partial charge in [-0.05, 0) is 49.9 Å². The molecule has 1 atom stereocenters. The van der Waals surface area contributed by atoms with Crippen molar-refractivity contribution in [2.75, 3.05) is 0 Å². The molecule has 1 aliphatic carbocycles. The van der Waals surface area contributed by atoms with Crippen LogP contribution in [0.3, 0.4) is 0 Å². The molecule has 0 saturated heterocycles. The van der Waals surface area contributed by atoms with Crippen molar-refractivity contribution in [3.05, 3.63) is 58.9 Å². The second-order valence-corrected chi connectivity index (χ2v) is 6.19. The molecule has 1 N–H and O–H groups in total. The number of pyridine rings is 1. The largest absolute Gasteiger partial charge is 0.348 e. The van der Waals surface area contributed by atoms with Gasteiger partial charge < -0.3 is 9.38 Å². The summed E-state index contributed by atoms with van der Waals surface area (Å²) in [7, 11) is 0. The molecule has 0 bridgehead atoms. The first-order valence-electron chi connectivity index (χ1n) is 7.78. The van der Waals surface area contributed by atoms with Gasteiger partial charge in [-0.2, -0.15) is 0 Å². The fourth-order valence-corrected chi connectivity index (χ4v) is 3.66. The maximum Gasteiger partial charge on any atom is 0.183 e. The van der Waals surface area contributed by atoms with Crippen LogP contribution in [0.2, 0.25) is 0 Å². The number of ketones is 1. The molecule has 0 aliphatic heterocycles. The van der Waals surface area contributed by atoms with Gasteiger partial charge in [-0.1, -0.05) is 6.07 Å². The fourth-order valence-electron chi connectivity index (χ4n) is 3.66. The van der Waals surface area contributed by atoms with Gasteiger partial charge in [-0.3, -0.25) is 4.79 Å². The molecule has 4 rings (SSSR count). The van der Waals surface area contributed by atoms with E-state index >= 15 is 0 Å². The zero-order chi connectivity index (χ0) is 15.3. The Labute approximate surface area is 129 Å². The Bertz CT molecular complexity index is 872. The molecule has 0 saturated carbocycles. The molecule has 22 heavy (non-hydrogen) atoms. The second-order valence-electron chi connectivity index (χ2n) is 6.19. The second kappa shape index (κ2) is 4.83. The van der Waals surface area contributed by atoms with Gasteiger partial charge in [0.15, 0.2) is 5.78 Å². The van der Waals surface area contributed by atoms with Crippen molar-refractivity contribution in [1.29, 1.82) is 0 Å². The molecule has 3 aromatic heterocycles. The average molecular weight is 293 g/mol. The van der Waals surface area contributed by atoms with E-state index in [1.54, 1.807) is 6.33 Å². The molecule has 0 fully saturated rings. The SMILES string of the molecule is Cc1[nH]cnc1CC1CCc2c(C)c3ccccn3c2C1=O. The van der Waals surface area contributed by atoms with Gasteiger partial charge in [-0.15, -0.1) is 0 Å². The quantitative estimate of drug-likeness (QED) is 0.788. The summed E-state index contributed by atoms with van der Waals surface area (Å²) in [6.45, 7) is 4.14. The molecule has 0 amide bonds. The zero-order valence-electron chi connectivity index (χ0n) is 12.9. The Hall–Kier alpha value is -2.36. The van der Waals surface area contributed by atoms with Crippen LogP contribution in [0.15, 0.2) is 30.7 Å². The smallest absolute Gasteiger partial charge is 0.183 e. The zero-order valence-corrected chi connectivity index (χ0v) is 12.9. The van der Waals surface area contributed by atoms with Crippen molar-refractivity contribution in [1.82, 2.24) is 14.4 Å². The molecule has 4 nitrogen and oxygen atoms in total. The highest BCUT2D eigenvalue weighted by molar-refractivity contribution is 6.01. The predicted molar refractivity (Wildman–Crippen MR) is 85.3 cm³/mol. The van der Waals surface area contributed by atoms with Crippen LogP contribution in [0.25, 0.3) is 5.52 Å². The van der Waals surface area contributed by atoms with E-state index in [2.05, 4.69) is 27.4 Å². The number of hydrogen-bond acceptors (Lipinski definition) is 2. The average Bonchev–Trinajstić information content (AvgIpc) is 3.05. The molecule has 1 unspecified atom stereocenters. The number of nitrogens with one attached hydrogen (secondary N) is 1. The first kappa shape index (κ1) is 13.3. The van der Waals surface area contributed by atoms with Gasteiger partial charge in [0.2, 0.25) is 0 Å². The lowest BCUT2D eigenvalue weighted by atomic mass is 9.82. The summed E-state index contributed by atoms with van der Waals surface area (Å²) in [6, 6.07) is 6.11. The minimum atomic E-state index is 0.0345. The van der Waals surface area contributed by atoms with Gasteiger partial charge in [0, 0.05) is 29.7 Å². The first-order valence-corrected chi connectivity index (χ1v) is 7.78. The van der Waals surface area contributed by atoms with Crippen molar-refractivity contribution in [3.63, 3.8) is 0 Å². The lowest BCUT2D eigenvalue weighted by Crippen LogP contribution is -2.25. The maximum absolute atomic E-state index is 13.0. The molecule has 4 heteroatoms. The molecule has 0 radical (unpaired) electrons. The molecule has 0 spiro atoms. The van der Waals surface area contributed by atoms with Gasteiger partial charge >= 0.3 is 0 Å². The van der Waals surface area contributed by atoms with Crippen LogP contribution in [0, 0.1) is 19.8 Å². The third kappa shape index (κ3) is 1.83. The number of H-pyrrole nitrogens is 1. The number of hydrogen-bond donors (Lipinski definition) is 1. The summed E-state index contributed by atoms with van der Waals surface area (Å²) in [5.74, 6) is 0.296. The van der Waals surface area contributed by atoms with Gasteiger partial charge in [0.05, 0.1) is 17.7 Å². The number of carbonyl (C=O) groups excluding carboxylic acids is 1. The predicted octanol–water partition coefficient (Wildman–Crippen LogP) is 3.27. The summed E-state index contributed by atoms with van der Waals surface area (Å²) in [6.07, 6.45) is 6.33. The Morgan fingerprint density at radius 1 is 1.36 bits per heavy atom. The van der Waals surface area contributed by atoms with Crippen LogP contribution in [0.1, 0.15) is 39.4 Å².